The topological polar surface area (TPSA) is 65.1 Å². The summed E-state index contributed by atoms with van der Waals surface area (Å²) in [5, 5.41) is 12.7. The minimum atomic E-state index is 0.0276. The lowest BCUT2D eigenvalue weighted by molar-refractivity contribution is -0.116. The Kier molecular flexibility index (Phi) is 8.10. The fourth-order valence-corrected chi connectivity index (χ4v) is 3.01. The fraction of sp³-hybridized carbons (Fsp3) is 0.476. The van der Waals surface area contributed by atoms with Gasteiger partial charge in [-0.15, -0.1) is 0 Å². The molecular weight excluding hydrogens is 312 g/mol. The van der Waals surface area contributed by atoms with Crippen molar-refractivity contribution in [2.24, 2.45) is 0 Å². The van der Waals surface area contributed by atoms with Gasteiger partial charge < -0.3 is 15.4 Å². The number of hydrogen-bond acceptors (Lipinski definition) is 2. The number of hydrogen-bond donors (Lipinski definition) is 3. The first-order valence-electron chi connectivity index (χ1n) is 9.43. The molecule has 0 spiro atoms. The highest BCUT2D eigenvalue weighted by atomic mass is 16.3. The molecule has 136 valence electrons. The summed E-state index contributed by atoms with van der Waals surface area (Å²) in [4.78, 5) is 15.1. The van der Waals surface area contributed by atoms with Crippen LogP contribution in [0.2, 0.25) is 0 Å². The standard InChI is InChI=1S/C21H30N2O2/c1-2-3-4-5-9-15-20(24)23-19-16-21(25)22-18(19)14-10-13-17-11-7-6-8-12-17/h6-8,11-12,16,22,25H,2-5,9-10,13-15H2,1H3,(H,23,24). The third-order valence-corrected chi connectivity index (χ3v) is 4.40. The maximum Gasteiger partial charge on any atom is 0.224 e. The molecule has 0 aliphatic rings. The average molecular weight is 342 g/mol. The van der Waals surface area contributed by atoms with Crippen molar-refractivity contribution in [3.63, 3.8) is 0 Å². The van der Waals surface area contributed by atoms with Crippen molar-refractivity contribution in [2.45, 2.75) is 64.7 Å². The molecule has 0 bridgehead atoms. The number of unbranched alkanes of at least 4 members (excludes halogenated alkanes) is 4. The number of H-pyrrole nitrogens is 1. The normalized spacial score (nSPS) is 10.8. The van der Waals surface area contributed by atoms with Crippen LogP contribution in [0.25, 0.3) is 0 Å². The summed E-state index contributed by atoms with van der Waals surface area (Å²) in [7, 11) is 0. The molecule has 0 aliphatic heterocycles. The van der Waals surface area contributed by atoms with E-state index in [1.807, 2.05) is 18.2 Å². The number of aryl methyl sites for hydroxylation is 2. The summed E-state index contributed by atoms with van der Waals surface area (Å²) in [6, 6.07) is 11.9. The highest BCUT2D eigenvalue weighted by Gasteiger charge is 2.11. The van der Waals surface area contributed by atoms with Gasteiger partial charge in [0.05, 0.1) is 5.69 Å². The molecule has 1 aromatic carbocycles. The van der Waals surface area contributed by atoms with Gasteiger partial charge in [0.1, 0.15) is 0 Å². The maximum absolute atomic E-state index is 12.1. The number of rotatable bonds is 11. The minimum Gasteiger partial charge on any atom is -0.495 e. The molecule has 0 aliphatic carbocycles. The Morgan fingerprint density at radius 3 is 2.56 bits per heavy atom. The van der Waals surface area contributed by atoms with E-state index in [0.29, 0.717) is 12.1 Å². The highest BCUT2D eigenvalue weighted by Crippen LogP contribution is 2.23. The van der Waals surface area contributed by atoms with Gasteiger partial charge in [0.2, 0.25) is 5.91 Å². The molecule has 0 saturated carbocycles. The molecular formula is C21H30N2O2. The van der Waals surface area contributed by atoms with E-state index in [-0.39, 0.29) is 11.8 Å². The van der Waals surface area contributed by atoms with Crippen molar-refractivity contribution in [3.8, 4) is 5.88 Å². The van der Waals surface area contributed by atoms with Crippen molar-refractivity contribution < 1.29 is 9.90 Å². The van der Waals surface area contributed by atoms with Gasteiger partial charge in [0, 0.05) is 18.2 Å². The number of carbonyl (C=O) groups excluding carboxylic acids is 1. The lowest BCUT2D eigenvalue weighted by Crippen LogP contribution is -2.12. The van der Waals surface area contributed by atoms with Crippen LogP contribution in [0.3, 0.4) is 0 Å². The van der Waals surface area contributed by atoms with Crippen molar-refractivity contribution in [3.05, 3.63) is 47.7 Å². The molecule has 2 rings (SSSR count). The van der Waals surface area contributed by atoms with E-state index in [1.165, 1.54) is 24.8 Å². The van der Waals surface area contributed by atoms with Crippen molar-refractivity contribution in [1.29, 1.82) is 0 Å². The number of aromatic hydroxyl groups is 1. The molecule has 1 aromatic heterocycles. The number of carbonyl (C=O) groups is 1. The van der Waals surface area contributed by atoms with E-state index >= 15 is 0 Å². The first-order valence-corrected chi connectivity index (χ1v) is 9.43. The van der Waals surface area contributed by atoms with Gasteiger partial charge in [-0.3, -0.25) is 4.79 Å². The molecule has 0 atom stereocenters. The van der Waals surface area contributed by atoms with Crippen LogP contribution in [-0.2, 0) is 17.6 Å². The summed E-state index contributed by atoms with van der Waals surface area (Å²) >= 11 is 0. The summed E-state index contributed by atoms with van der Waals surface area (Å²) in [6.07, 6.45) is 8.94. The zero-order valence-electron chi connectivity index (χ0n) is 15.2. The molecule has 1 heterocycles. The predicted octanol–water partition coefficient (Wildman–Crippen LogP) is 5.19. The number of nitrogens with one attached hydrogen (secondary N) is 2. The van der Waals surface area contributed by atoms with E-state index in [1.54, 1.807) is 6.07 Å². The predicted molar refractivity (Wildman–Crippen MR) is 103 cm³/mol. The van der Waals surface area contributed by atoms with Crippen LogP contribution in [0.5, 0.6) is 5.88 Å². The highest BCUT2D eigenvalue weighted by molar-refractivity contribution is 5.91. The van der Waals surface area contributed by atoms with Crippen molar-refractivity contribution in [1.82, 2.24) is 4.98 Å². The van der Waals surface area contributed by atoms with E-state index in [0.717, 1.165) is 37.8 Å². The van der Waals surface area contributed by atoms with Gasteiger partial charge in [-0.1, -0.05) is 62.9 Å². The third kappa shape index (κ3) is 7.04. The van der Waals surface area contributed by atoms with Gasteiger partial charge in [-0.05, 0) is 31.2 Å². The number of benzene rings is 1. The van der Waals surface area contributed by atoms with Crippen molar-refractivity contribution >= 4 is 11.6 Å². The van der Waals surface area contributed by atoms with Crippen LogP contribution in [0.15, 0.2) is 36.4 Å². The lowest BCUT2D eigenvalue weighted by Gasteiger charge is -2.07. The van der Waals surface area contributed by atoms with E-state index in [4.69, 9.17) is 0 Å². The van der Waals surface area contributed by atoms with Crippen LogP contribution in [0, 0.1) is 0 Å². The Morgan fingerprint density at radius 2 is 1.80 bits per heavy atom. The second kappa shape index (κ2) is 10.6. The van der Waals surface area contributed by atoms with Gasteiger partial charge >= 0.3 is 0 Å². The number of aromatic amines is 1. The molecule has 4 heteroatoms. The molecule has 25 heavy (non-hydrogen) atoms. The molecule has 3 N–H and O–H groups in total. The Balaban J connectivity index is 1.78. The second-order valence-electron chi connectivity index (χ2n) is 6.60. The van der Waals surface area contributed by atoms with E-state index in [2.05, 4.69) is 29.4 Å². The summed E-state index contributed by atoms with van der Waals surface area (Å²) in [5.74, 6) is 0.132. The quantitative estimate of drug-likeness (QED) is 0.492. The Hall–Kier alpha value is -2.23. The zero-order chi connectivity index (χ0) is 17.9. The smallest absolute Gasteiger partial charge is 0.224 e. The van der Waals surface area contributed by atoms with Crippen LogP contribution in [0.4, 0.5) is 5.69 Å². The molecule has 0 radical (unpaired) electrons. The molecule has 2 aromatic rings. The van der Waals surface area contributed by atoms with Crippen LogP contribution < -0.4 is 5.32 Å². The third-order valence-electron chi connectivity index (χ3n) is 4.40. The summed E-state index contributed by atoms with van der Waals surface area (Å²) in [6.45, 7) is 2.18. The largest absolute Gasteiger partial charge is 0.495 e. The number of aromatic nitrogens is 1. The Bertz CT molecular complexity index is 635. The average Bonchev–Trinajstić information content (AvgIpc) is 2.95. The number of anilines is 1. The van der Waals surface area contributed by atoms with Crippen LogP contribution in [-0.4, -0.2) is 16.0 Å². The Labute approximate surface area is 150 Å². The molecule has 0 fully saturated rings. The molecule has 4 nitrogen and oxygen atoms in total. The summed E-state index contributed by atoms with van der Waals surface area (Å²) in [5.41, 5.74) is 2.91. The maximum atomic E-state index is 12.1. The van der Waals surface area contributed by atoms with Gasteiger partial charge in [0.15, 0.2) is 5.88 Å². The lowest BCUT2D eigenvalue weighted by atomic mass is 10.1. The second-order valence-corrected chi connectivity index (χ2v) is 6.60. The molecule has 0 unspecified atom stereocenters. The molecule has 0 saturated heterocycles. The van der Waals surface area contributed by atoms with E-state index in [9.17, 15) is 9.90 Å². The first kappa shape index (κ1) is 19.1. The van der Waals surface area contributed by atoms with E-state index < -0.39 is 0 Å². The van der Waals surface area contributed by atoms with Gasteiger partial charge in [-0.2, -0.15) is 0 Å². The molecule has 1 amide bonds. The zero-order valence-corrected chi connectivity index (χ0v) is 15.2. The monoisotopic (exact) mass is 342 g/mol. The van der Waals surface area contributed by atoms with Crippen molar-refractivity contribution in [2.75, 3.05) is 5.32 Å². The number of amides is 1. The SMILES string of the molecule is CCCCCCCC(=O)Nc1cc(O)[nH]c1CCCc1ccccc1. The first-order chi connectivity index (χ1) is 12.2. The summed E-state index contributed by atoms with van der Waals surface area (Å²) < 4.78 is 0. The minimum absolute atomic E-state index is 0.0276. The fourth-order valence-electron chi connectivity index (χ4n) is 3.01. The van der Waals surface area contributed by atoms with Crippen LogP contribution >= 0.6 is 0 Å². The van der Waals surface area contributed by atoms with Gasteiger partial charge in [-0.25, -0.2) is 0 Å². The van der Waals surface area contributed by atoms with Gasteiger partial charge in [0.25, 0.3) is 0 Å². The van der Waals surface area contributed by atoms with Crippen LogP contribution in [0.1, 0.15) is 63.1 Å². The Morgan fingerprint density at radius 1 is 1.04 bits per heavy atom.